The fraction of sp³-hybridized carbons (Fsp3) is 0.478. The normalized spacial score (nSPS) is 12.6. The summed E-state index contributed by atoms with van der Waals surface area (Å²) < 4.78 is 6.45. The molecule has 0 saturated carbocycles. The van der Waals surface area contributed by atoms with Gasteiger partial charge in [-0.3, -0.25) is 4.79 Å². The summed E-state index contributed by atoms with van der Waals surface area (Å²) in [5.41, 5.74) is 2.90. The van der Waals surface area contributed by atoms with Crippen molar-refractivity contribution >= 4 is 8.32 Å². The second kappa shape index (κ2) is 7.25. The van der Waals surface area contributed by atoms with E-state index < -0.39 is 8.32 Å². The molecule has 1 aromatic carbocycles. The second-order valence-electron chi connectivity index (χ2n) is 10.0. The molecule has 28 heavy (non-hydrogen) atoms. The number of aromatic amines is 1. The Balaban J connectivity index is 2.68. The number of aromatic nitrogens is 1. The van der Waals surface area contributed by atoms with E-state index in [9.17, 15) is 10.1 Å². The summed E-state index contributed by atoms with van der Waals surface area (Å²) in [6.45, 7) is 19.1. The van der Waals surface area contributed by atoms with Gasteiger partial charge < -0.3 is 9.41 Å². The van der Waals surface area contributed by atoms with Crippen LogP contribution in [0.2, 0.25) is 18.1 Å². The van der Waals surface area contributed by atoms with Crippen LogP contribution in [0, 0.1) is 18.3 Å². The van der Waals surface area contributed by atoms with Gasteiger partial charge in [-0.1, -0.05) is 47.6 Å². The molecule has 0 amide bonds. The SMILES string of the molecule is Cc1ccc(O[Si](C)(C)C(C)(C)C)cc1-c1cc(C(C)(C)C)[nH]c(=O)c1C#N. The van der Waals surface area contributed by atoms with Crippen LogP contribution in [0.15, 0.2) is 29.1 Å². The molecule has 0 saturated heterocycles. The Hall–Kier alpha value is -2.32. The van der Waals surface area contributed by atoms with E-state index in [2.05, 4.69) is 44.9 Å². The van der Waals surface area contributed by atoms with Gasteiger partial charge in [0.15, 0.2) is 0 Å². The van der Waals surface area contributed by atoms with Crippen molar-refractivity contribution in [2.45, 2.75) is 72.0 Å². The smallest absolute Gasteiger partial charge is 0.266 e. The molecule has 0 fully saturated rings. The Labute approximate surface area is 169 Å². The van der Waals surface area contributed by atoms with E-state index >= 15 is 0 Å². The zero-order valence-corrected chi connectivity index (χ0v) is 19.6. The molecular weight excluding hydrogens is 364 g/mol. The number of aryl methyl sites for hydroxylation is 1. The molecule has 0 radical (unpaired) electrons. The molecule has 1 N–H and O–H groups in total. The summed E-state index contributed by atoms with van der Waals surface area (Å²) in [6.07, 6.45) is 0. The van der Waals surface area contributed by atoms with Crippen molar-refractivity contribution in [2.75, 3.05) is 0 Å². The van der Waals surface area contributed by atoms with E-state index in [1.54, 1.807) is 0 Å². The van der Waals surface area contributed by atoms with Crippen molar-refractivity contribution in [3.05, 3.63) is 51.4 Å². The molecule has 5 heteroatoms. The van der Waals surface area contributed by atoms with Gasteiger partial charge in [-0.15, -0.1) is 0 Å². The first kappa shape index (κ1) is 22.0. The van der Waals surface area contributed by atoms with Crippen LogP contribution >= 0.6 is 0 Å². The number of nitriles is 1. The number of hydrogen-bond donors (Lipinski definition) is 1. The molecule has 4 nitrogen and oxygen atoms in total. The van der Waals surface area contributed by atoms with Crippen molar-refractivity contribution in [3.63, 3.8) is 0 Å². The van der Waals surface area contributed by atoms with E-state index in [1.165, 1.54) is 0 Å². The maximum atomic E-state index is 12.6. The molecule has 0 bridgehead atoms. The van der Waals surface area contributed by atoms with Crippen molar-refractivity contribution < 1.29 is 4.43 Å². The minimum Gasteiger partial charge on any atom is -0.543 e. The Bertz CT molecular complexity index is 984. The summed E-state index contributed by atoms with van der Waals surface area (Å²) >= 11 is 0. The third-order valence-electron chi connectivity index (χ3n) is 5.63. The monoisotopic (exact) mass is 396 g/mol. The lowest BCUT2D eigenvalue weighted by Crippen LogP contribution is -2.43. The molecular formula is C23H32N2O2Si. The van der Waals surface area contributed by atoms with Gasteiger partial charge in [0.25, 0.3) is 5.56 Å². The molecule has 0 atom stereocenters. The summed E-state index contributed by atoms with van der Waals surface area (Å²) in [7, 11) is -1.99. The standard InChI is InChI=1S/C23H32N2O2Si/c1-15-10-11-16(27-28(8,9)23(5,6)7)12-17(15)18-13-20(22(2,3)4)25-21(26)19(18)14-24/h10-13H,1-9H3,(H,25,26). The van der Waals surface area contributed by atoms with Crippen LogP contribution in [0.4, 0.5) is 0 Å². The minimum absolute atomic E-state index is 0.0825. The molecule has 2 rings (SSSR count). The molecule has 0 aliphatic rings. The fourth-order valence-electron chi connectivity index (χ4n) is 2.69. The average molecular weight is 397 g/mol. The third-order valence-corrected chi connectivity index (χ3v) is 9.99. The van der Waals surface area contributed by atoms with Crippen molar-refractivity contribution in [2.24, 2.45) is 0 Å². The highest BCUT2D eigenvalue weighted by Crippen LogP contribution is 2.39. The van der Waals surface area contributed by atoms with Crippen molar-refractivity contribution in [1.82, 2.24) is 4.98 Å². The van der Waals surface area contributed by atoms with Gasteiger partial charge >= 0.3 is 0 Å². The molecule has 0 aliphatic heterocycles. The molecule has 2 aromatic rings. The van der Waals surface area contributed by atoms with Gasteiger partial charge in [0.2, 0.25) is 8.32 Å². The van der Waals surface area contributed by atoms with Gasteiger partial charge in [0.05, 0.1) is 0 Å². The number of pyridine rings is 1. The number of nitrogens with zero attached hydrogens (tertiary/aromatic N) is 1. The van der Waals surface area contributed by atoms with Crippen LogP contribution in [0.5, 0.6) is 5.75 Å². The van der Waals surface area contributed by atoms with E-state index in [0.29, 0.717) is 5.56 Å². The molecule has 1 aromatic heterocycles. The maximum Gasteiger partial charge on any atom is 0.266 e. The van der Waals surface area contributed by atoms with Crippen LogP contribution in [-0.4, -0.2) is 13.3 Å². The lowest BCUT2D eigenvalue weighted by molar-refractivity contribution is 0.492. The van der Waals surface area contributed by atoms with E-state index in [-0.39, 0.29) is 21.6 Å². The summed E-state index contributed by atoms with van der Waals surface area (Å²) in [4.78, 5) is 15.4. The van der Waals surface area contributed by atoms with Gasteiger partial charge in [0.1, 0.15) is 17.4 Å². The number of benzene rings is 1. The molecule has 0 unspecified atom stereocenters. The highest BCUT2D eigenvalue weighted by molar-refractivity contribution is 6.74. The summed E-state index contributed by atoms with van der Waals surface area (Å²) in [6, 6.07) is 9.96. The van der Waals surface area contributed by atoms with Crippen LogP contribution in [-0.2, 0) is 5.41 Å². The molecule has 0 aliphatic carbocycles. The highest BCUT2D eigenvalue weighted by atomic mass is 28.4. The lowest BCUT2D eigenvalue weighted by Gasteiger charge is -2.36. The highest BCUT2D eigenvalue weighted by Gasteiger charge is 2.39. The van der Waals surface area contributed by atoms with Crippen molar-refractivity contribution in [1.29, 1.82) is 5.26 Å². The van der Waals surface area contributed by atoms with E-state index in [0.717, 1.165) is 22.6 Å². The van der Waals surface area contributed by atoms with Crippen LogP contribution in [0.25, 0.3) is 11.1 Å². The van der Waals surface area contributed by atoms with Crippen LogP contribution in [0.3, 0.4) is 0 Å². The molecule has 1 heterocycles. The quantitative estimate of drug-likeness (QED) is 0.656. The predicted molar refractivity (Wildman–Crippen MR) is 118 cm³/mol. The van der Waals surface area contributed by atoms with E-state index in [1.807, 2.05) is 52.0 Å². The topological polar surface area (TPSA) is 65.9 Å². The Morgan fingerprint density at radius 2 is 1.64 bits per heavy atom. The van der Waals surface area contributed by atoms with Gasteiger partial charge in [-0.05, 0) is 54.4 Å². The Kier molecular flexibility index (Phi) is 5.69. The minimum atomic E-state index is -1.99. The van der Waals surface area contributed by atoms with Gasteiger partial charge in [-0.25, -0.2) is 0 Å². The lowest BCUT2D eigenvalue weighted by atomic mass is 9.88. The Morgan fingerprint density at radius 3 is 2.14 bits per heavy atom. The second-order valence-corrected chi connectivity index (χ2v) is 14.7. The van der Waals surface area contributed by atoms with Gasteiger partial charge in [0, 0.05) is 16.7 Å². The fourth-order valence-corrected chi connectivity index (χ4v) is 3.71. The summed E-state index contributed by atoms with van der Waals surface area (Å²) in [5, 5.41) is 9.70. The Morgan fingerprint density at radius 1 is 1.04 bits per heavy atom. The van der Waals surface area contributed by atoms with Gasteiger partial charge in [-0.2, -0.15) is 5.26 Å². The maximum absolute atomic E-state index is 12.6. The number of nitrogens with one attached hydrogen (secondary N) is 1. The number of H-pyrrole nitrogens is 1. The first-order valence-electron chi connectivity index (χ1n) is 9.65. The molecule has 0 spiro atoms. The largest absolute Gasteiger partial charge is 0.543 e. The first-order chi connectivity index (χ1) is 12.7. The average Bonchev–Trinajstić information content (AvgIpc) is 2.53. The predicted octanol–water partition coefficient (Wildman–Crippen LogP) is 5.90. The van der Waals surface area contributed by atoms with Crippen LogP contribution < -0.4 is 9.99 Å². The van der Waals surface area contributed by atoms with Crippen LogP contribution in [0.1, 0.15) is 58.4 Å². The third kappa shape index (κ3) is 4.39. The molecule has 150 valence electrons. The zero-order chi connectivity index (χ0) is 21.5. The zero-order valence-electron chi connectivity index (χ0n) is 18.6. The van der Waals surface area contributed by atoms with Crippen molar-refractivity contribution in [3.8, 4) is 22.9 Å². The first-order valence-corrected chi connectivity index (χ1v) is 12.6. The summed E-state index contributed by atoms with van der Waals surface area (Å²) in [5.74, 6) is 0.786. The number of hydrogen-bond acceptors (Lipinski definition) is 3. The van der Waals surface area contributed by atoms with E-state index in [4.69, 9.17) is 4.43 Å². The number of rotatable bonds is 3.